The zero-order valence-electron chi connectivity index (χ0n) is 6.15. The first-order chi connectivity index (χ1) is 5.25. The van der Waals surface area contributed by atoms with Crippen LogP contribution in [0.2, 0.25) is 0 Å². The predicted molar refractivity (Wildman–Crippen MR) is 47.6 cm³/mol. The van der Waals surface area contributed by atoms with Crippen molar-refractivity contribution in [3.63, 3.8) is 0 Å². The molecule has 0 aliphatic carbocycles. The Kier molecular flexibility index (Phi) is 4.03. The van der Waals surface area contributed by atoms with Gasteiger partial charge in [-0.05, 0) is 6.07 Å². The number of nitrogens with two attached hydrogens (primary N) is 2. The molecule has 5 nitrogen and oxygen atoms in total. The molecule has 0 spiro atoms. The number of rotatable bonds is 1. The molecule has 1 heterocycles. The number of nitrogens with zero attached hydrogens (tertiary/aromatic N) is 1. The number of carbonyl (C=O) groups excluding carboxylic acids is 1. The molecule has 0 bridgehead atoms. The number of halogens is 1. The van der Waals surface area contributed by atoms with Crippen LogP contribution < -0.4 is 17.0 Å². The van der Waals surface area contributed by atoms with E-state index in [1.54, 1.807) is 0 Å². The van der Waals surface area contributed by atoms with Gasteiger partial charge in [0.25, 0.3) is 5.91 Å². The van der Waals surface area contributed by atoms with Crippen molar-refractivity contribution in [2.45, 2.75) is 0 Å². The van der Waals surface area contributed by atoms with Crippen LogP contribution in [0.3, 0.4) is 0 Å². The molecule has 1 amide bonds. The number of carbonyl (C=O) groups is 1. The van der Waals surface area contributed by atoms with Gasteiger partial charge in [-0.15, -0.1) is 12.4 Å². The lowest BCUT2D eigenvalue weighted by atomic mass is 10.2. The van der Waals surface area contributed by atoms with Crippen molar-refractivity contribution in [3.05, 3.63) is 24.0 Å². The molecule has 0 aliphatic heterocycles. The van der Waals surface area contributed by atoms with E-state index in [4.69, 9.17) is 11.6 Å². The largest absolute Gasteiger partial charge is 0.398 e. The van der Waals surface area contributed by atoms with Gasteiger partial charge >= 0.3 is 0 Å². The zero-order valence-corrected chi connectivity index (χ0v) is 6.97. The highest BCUT2D eigenvalue weighted by atomic mass is 35.5. The molecule has 0 atom stereocenters. The summed E-state index contributed by atoms with van der Waals surface area (Å²) in [5, 5.41) is 0. The second kappa shape index (κ2) is 4.53. The highest BCUT2D eigenvalue weighted by Crippen LogP contribution is 2.06. The normalized spacial score (nSPS) is 8.42. The minimum Gasteiger partial charge on any atom is -0.398 e. The molecule has 5 N–H and O–H groups in total. The van der Waals surface area contributed by atoms with Crippen molar-refractivity contribution >= 4 is 24.0 Å². The van der Waals surface area contributed by atoms with Crippen LogP contribution >= 0.6 is 12.4 Å². The van der Waals surface area contributed by atoms with Gasteiger partial charge in [-0.3, -0.25) is 15.2 Å². The van der Waals surface area contributed by atoms with E-state index in [9.17, 15) is 4.79 Å². The monoisotopic (exact) mass is 188 g/mol. The molecule has 12 heavy (non-hydrogen) atoms. The Hall–Kier alpha value is -1.33. The maximum atomic E-state index is 10.9. The SMILES string of the molecule is Cl.NNC(=O)c1cnccc1N. The quantitative estimate of drug-likeness (QED) is 0.320. The minimum absolute atomic E-state index is 0. The zero-order chi connectivity index (χ0) is 8.27. The van der Waals surface area contributed by atoms with E-state index in [2.05, 4.69) is 4.98 Å². The maximum absolute atomic E-state index is 10.9. The third kappa shape index (κ3) is 2.08. The van der Waals surface area contributed by atoms with Gasteiger partial charge in [-0.2, -0.15) is 0 Å². The molecule has 66 valence electrons. The molecule has 1 rings (SSSR count). The lowest BCUT2D eigenvalue weighted by molar-refractivity contribution is 0.0954. The van der Waals surface area contributed by atoms with Crippen molar-refractivity contribution in [1.29, 1.82) is 0 Å². The number of hydrazine groups is 1. The van der Waals surface area contributed by atoms with E-state index in [1.165, 1.54) is 18.5 Å². The topological polar surface area (TPSA) is 94.0 Å². The van der Waals surface area contributed by atoms with Crippen molar-refractivity contribution in [2.24, 2.45) is 5.84 Å². The van der Waals surface area contributed by atoms with E-state index in [0.29, 0.717) is 5.69 Å². The highest BCUT2D eigenvalue weighted by molar-refractivity contribution is 5.98. The summed E-state index contributed by atoms with van der Waals surface area (Å²) in [5.41, 5.74) is 8.05. The lowest BCUT2D eigenvalue weighted by Crippen LogP contribution is -2.30. The number of nitrogens with one attached hydrogen (secondary N) is 1. The Morgan fingerprint density at radius 1 is 1.58 bits per heavy atom. The fraction of sp³-hybridized carbons (Fsp3) is 0. The standard InChI is InChI=1S/C6H8N4O.ClH/c7-5-1-2-9-3-4(5)6(11)10-8;/h1-3H,8H2,(H2,7,9)(H,10,11);1H. The molecule has 1 aromatic rings. The van der Waals surface area contributed by atoms with Gasteiger partial charge in [0.15, 0.2) is 0 Å². The van der Waals surface area contributed by atoms with Crippen LogP contribution in [0.1, 0.15) is 10.4 Å². The first-order valence-electron chi connectivity index (χ1n) is 2.96. The van der Waals surface area contributed by atoms with E-state index in [0.717, 1.165) is 0 Å². The number of hydrogen-bond donors (Lipinski definition) is 3. The van der Waals surface area contributed by atoms with Crippen LogP contribution in [-0.2, 0) is 0 Å². The smallest absolute Gasteiger partial charge is 0.268 e. The van der Waals surface area contributed by atoms with E-state index in [-0.39, 0.29) is 18.0 Å². The Labute approximate surface area is 75.5 Å². The molecular formula is C6H9ClN4O. The predicted octanol–water partition coefficient (Wildman–Crippen LogP) is -0.311. The average molecular weight is 189 g/mol. The van der Waals surface area contributed by atoms with Crippen LogP contribution in [0.5, 0.6) is 0 Å². The second-order valence-electron chi connectivity index (χ2n) is 1.94. The third-order valence-corrected chi connectivity index (χ3v) is 1.23. The number of hydrogen-bond acceptors (Lipinski definition) is 4. The molecule has 6 heteroatoms. The van der Waals surface area contributed by atoms with Crippen LogP contribution in [0.25, 0.3) is 0 Å². The van der Waals surface area contributed by atoms with Crippen LogP contribution in [0.15, 0.2) is 18.5 Å². The number of anilines is 1. The summed E-state index contributed by atoms with van der Waals surface area (Å²) >= 11 is 0. The van der Waals surface area contributed by atoms with Gasteiger partial charge in [0.2, 0.25) is 0 Å². The Bertz CT molecular complexity index is 278. The lowest BCUT2D eigenvalue weighted by Gasteiger charge is -2.00. The van der Waals surface area contributed by atoms with Crippen molar-refractivity contribution in [3.8, 4) is 0 Å². The number of nitrogen functional groups attached to an aromatic ring is 2. The van der Waals surface area contributed by atoms with Gasteiger partial charge < -0.3 is 5.73 Å². The molecular weight excluding hydrogens is 180 g/mol. The summed E-state index contributed by atoms with van der Waals surface area (Å²) < 4.78 is 0. The number of pyridine rings is 1. The molecule has 0 saturated carbocycles. The maximum Gasteiger partial charge on any atom is 0.268 e. The minimum atomic E-state index is -0.435. The van der Waals surface area contributed by atoms with Gasteiger partial charge in [-0.25, -0.2) is 5.84 Å². The molecule has 0 aromatic carbocycles. The second-order valence-corrected chi connectivity index (χ2v) is 1.94. The summed E-state index contributed by atoms with van der Waals surface area (Å²) in [4.78, 5) is 14.6. The molecule has 0 saturated heterocycles. The van der Waals surface area contributed by atoms with E-state index in [1.807, 2.05) is 5.43 Å². The van der Waals surface area contributed by atoms with Crippen molar-refractivity contribution in [1.82, 2.24) is 10.4 Å². The summed E-state index contributed by atoms with van der Waals surface area (Å²) in [5.74, 6) is 4.46. The third-order valence-electron chi connectivity index (χ3n) is 1.23. The summed E-state index contributed by atoms with van der Waals surface area (Å²) in [6.45, 7) is 0. The van der Waals surface area contributed by atoms with Crippen LogP contribution in [-0.4, -0.2) is 10.9 Å². The first-order valence-corrected chi connectivity index (χ1v) is 2.96. The first kappa shape index (κ1) is 10.7. The fourth-order valence-corrected chi connectivity index (χ4v) is 0.673. The number of amides is 1. The Morgan fingerprint density at radius 3 is 2.75 bits per heavy atom. The highest BCUT2D eigenvalue weighted by Gasteiger charge is 2.05. The summed E-state index contributed by atoms with van der Waals surface area (Å²) in [6, 6.07) is 1.53. The average Bonchev–Trinajstić information content (AvgIpc) is 2.04. The molecule has 0 radical (unpaired) electrons. The van der Waals surface area contributed by atoms with E-state index >= 15 is 0 Å². The molecule has 0 fully saturated rings. The molecule has 1 aromatic heterocycles. The fourth-order valence-electron chi connectivity index (χ4n) is 0.673. The van der Waals surface area contributed by atoms with Crippen molar-refractivity contribution < 1.29 is 4.79 Å². The van der Waals surface area contributed by atoms with E-state index < -0.39 is 5.91 Å². The molecule has 0 unspecified atom stereocenters. The Morgan fingerprint density at radius 2 is 2.25 bits per heavy atom. The van der Waals surface area contributed by atoms with Crippen molar-refractivity contribution in [2.75, 3.05) is 5.73 Å². The summed E-state index contributed by atoms with van der Waals surface area (Å²) in [6.07, 6.45) is 2.86. The Balaban J connectivity index is 0.00000121. The summed E-state index contributed by atoms with van der Waals surface area (Å²) in [7, 11) is 0. The van der Waals surface area contributed by atoms with Gasteiger partial charge in [0.1, 0.15) is 0 Å². The van der Waals surface area contributed by atoms with Crippen LogP contribution in [0.4, 0.5) is 5.69 Å². The van der Waals surface area contributed by atoms with Crippen LogP contribution in [0, 0.1) is 0 Å². The molecule has 0 aliphatic rings. The van der Waals surface area contributed by atoms with Gasteiger partial charge in [-0.1, -0.05) is 0 Å². The number of aromatic nitrogens is 1. The van der Waals surface area contributed by atoms with Gasteiger partial charge in [0.05, 0.1) is 5.56 Å². The van der Waals surface area contributed by atoms with Gasteiger partial charge in [0, 0.05) is 18.1 Å².